The zero-order chi connectivity index (χ0) is 25.7. The average molecular weight is 526 g/mol. The summed E-state index contributed by atoms with van der Waals surface area (Å²) in [5.41, 5.74) is -1.48. The third-order valence-corrected chi connectivity index (χ3v) is 6.68. The van der Waals surface area contributed by atoms with Gasteiger partial charge in [0.05, 0.1) is 22.1 Å². The lowest BCUT2D eigenvalue weighted by Crippen LogP contribution is -2.18. The highest BCUT2D eigenvalue weighted by atomic mass is 35.5. The Labute approximate surface area is 197 Å². The van der Waals surface area contributed by atoms with Crippen LogP contribution in [-0.4, -0.2) is 36.6 Å². The highest BCUT2D eigenvalue weighted by molar-refractivity contribution is 7.58. The Morgan fingerprint density at radius 2 is 1.88 bits per heavy atom. The molecule has 2 unspecified atom stereocenters. The molecule has 0 aromatic heterocycles. The molecule has 2 atom stereocenters. The van der Waals surface area contributed by atoms with Crippen molar-refractivity contribution >= 4 is 30.6 Å². The third kappa shape index (κ3) is 7.34. The minimum atomic E-state index is -4.60. The molecular weight excluding hydrogens is 506 g/mol. The predicted molar refractivity (Wildman–Crippen MR) is 116 cm³/mol. The van der Waals surface area contributed by atoms with E-state index in [0.29, 0.717) is 6.07 Å². The van der Waals surface area contributed by atoms with E-state index in [1.54, 1.807) is 6.92 Å². The van der Waals surface area contributed by atoms with Crippen LogP contribution >= 0.6 is 19.0 Å². The number of carbonyl (C=O) groups is 1. The zero-order valence-corrected chi connectivity index (χ0v) is 19.8. The van der Waals surface area contributed by atoms with Gasteiger partial charge in [-0.1, -0.05) is 11.6 Å². The molecule has 34 heavy (non-hydrogen) atoms. The van der Waals surface area contributed by atoms with E-state index in [1.807, 2.05) is 0 Å². The van der Waals surface area contributed by atoms with E-state index >= 15 is 0 Å². The third-order valence-electron chi connectivity index (χ3n) is 4.32. The number of alkyl halides is 3. The summed E-state index contributed by atoms with van der Waals surface area (Å²) in [5.74, 6) is -2.49. The van der Waals surface area contributed by atoms with Crippen molar-refractivity contribution in [3.8, 4) is 17.2 Å². The van der Waals surface area contributed by atoms with Gasteiger partial charge >= 0.3 is 17.8 Å². The summed E-state index contributed by atoms with van der Waals surface area (Å²) in [6.07, 6.45) is -4.60. The second kappa shape index (κ2) is 11.1. The lowest BCUT2D eigenvalue weighted by atomic mass is 10.2. The number of carbonyl (C=O) groups excluding carboxylic acids is 1. The van der Waals surface area contributed by atoms with Crippen molar-refractivity contribution in [1.29, 1.82) is 0 Å². The van der Waals surface area contributed by atoms with Gasteiger partial charge < -0.3 is 18.7 Å². The highest BCUT2D eigenvalue weighted by Crippen LogP contribution is 2.49. The molecule has 0 saturated heterocycles. The number of rotatable bonds is 10. The van der Waals surface area contributed by atoms with Gasteiger partial charge in [-0.15, -0.1) is 0 Å². The second-order valence-corrected chi connectivity index (χ2v) is 10.0. The molecule has 2 aromatic carbocycles. The molecule has 186 valence electrons. The molecule has 0 aliphatic carbocycles. The van der Waals surface area contributed by atoms with E-state index in [9.17, 15) is 32.6 Å². The maximum atomic E-state index is 12.8. The largest absolute Gasteiger partial charge is 0.473 e. The van der Waals surface area contributed by atoms with Crippen molar-refractivity contribution in [3.63, 3.8) is 0 Å². The first-order valence-electron chi connectivity index (χ1n) is 9.61. The maximum absolute atomic E-state index is 12.8. The predicted octanol–water partition coefficient (Wildman–Crippen LogP) is 6.27. The van der Waals surface area contributed by atoms with Gasteiger partial charge in [-0.25, -0.2) is 4.79 Å². The Kier molecular flexibility index (Phi) is 8.93. The molecule has 0 spiro atoms. The Bertz CT molecular complexity index is 1110. The molecule has 0 heterocycles. The standard InChI is InChI=1S/C20H20ClF3NO8P/c1-4-30-19(26)11-31-34(3,29)12(2)32-18-10-14(6-7-16(18)25(27)28)33-17-8-5-13(9-15(17)21)20(22,23)24/h5-10,12H,4,11H2,1-3H3. The van der Waals surface area contributed by atoms with Crippen molar-refractivity contribution in [2.45, 2.75) is 25.9 Å². The van der Waals surface area contributed by atoms with E-state index in [1.165, 1.54) is 19.7 Å². The summed E-state index contributed by atoms with van der Waals surface area (Å²) in [6, 6.07) is 5.76. The Morgan fingerprint density at radius 1 is 1.21 bits per heavy atom. The molecule has 0 aliphatic heterocycles. The topological polar surface area (TPSA) is 114 Å². The number of esters is 1. The molecule has 0 bridgehead atoms. The zero-order valence-electron chi connectivity index (χ0n) is 18.1. The van der Waals surface area contributed by atoms with Crippen LogP contribution in [0.2, 0.25) is 5.02 Å². The molecule has 14 heteroatoms. The first kappa shape index (κ1) is 27.4. The van der Waals surface area contributed by atoms with Crippen LogP contribution in [0.4, 0.5) is 18.9 Å². The molecule has 2 rings (SSSR count). The van der Waals surface area contributed by atoms with Gasteiger partial charge in [0.1, 0.15) is 11.5 Å². The van der Waals surface area contributed by atoms with Gasteiger partial charge in [0.15, 0.2) is 12.5 Å². The van der Waals surface area contributed by atoms with Gasteiger partial charge in [0.25, 0.3) is 0 Å². The smallest absolute Gasteiger partial charge is 0.416 e. The summed E-state index contributed by atoms with van der Waals surface area (Å²) in [7, 11) is -3.60. The normalized spacial score (nSPS) is 14.1. The fourth-order valence-corrected chi connectivity index (χ4v) is 3.55. The molecule has 0 saturated carbocycles. The Morgan fingerprint density at radius 3 is 2.44 bits per heavy atom. The lowest BCUT2D eigenvalue weighted by Gasteiger charge is -2.22. The van der Waals surface area contributed by atoms with Gasteiger partial charge in [-0.05, 0) is 38.1 Å². The molecule has 9 nitrogen and oxygen atoms in total. The molecule has 2 aromatic rings. The number of benzene rings is 2. The Hall–Kier alpha value is -2.82. The van der Waals surface area contributed by atoms with Crippen LogP contribution in [0, 0.1) is 10.1 Å². The van der Waals surface area contributed by atoms with Crippen molar-refractivity contribution in [1.82, 2.24) is 0 Å². The Balaban J connectivity index is 2.26. The first-order valence-corrected chi connectivity index (χ1v) is 12.1. The van der Waals surface area contributed by atoms with Crippen LogP contribution in [0.15, 0.2) is 36.4 Å². The number of nitrogens with zero attached hydrogens (tertiary/aromatic N) is 1. The number of ether oxygens (including phenoxy) is 3. The van der Waals surface area contributed by atoms with Crippen molar-refractivity contribution in [2.75, 3.05) is 19.9 Å². The van der Waals surface area contributed by atoms with E-state index in [0.717, 1.165) is 24.3 Å². The minimum absolute atomic E-state index is 0.0483. The van der Waals surface area contributed by atoms with E-state index in [4.69, 9.17) is 25.6 Å². The van der Waals surface area contributed by atoms with E-state index in [2.05, 4.69) is 4.74 Å². The highest BCUT2D eigenvalue weighted by Gasteiger charge is 2.32. The summed E-state index contributed by atoms with van der Waals surface area (Å²) < 4.78 is 72.0. The maximum Gasteiger partial charge on any atom is 0.416 e. The van der Waals surface area contributed by atoms with E-state index < -0.39 is 48.1 Å². The van der Waals surface area contributed by atoms with Gasteiger partial charge in [0.2, 0.25) is 13.1 Å². The molecular formula is C20H20ClF3NO8P. The molecule has 0 radical (unpaired) electrons. The minimum Gasteiger partial charge on any atom is -0.473 e. The van der Waals surface area contributed by atoms with Crippen LogP contribution in [0.5, 0.6) is 17.2 Å². The van der Waals surface area contributed by atoms with Gasteiger partial charge in [-0.3, -0.25) is 14.7 Å². The lowest BCUT2D eigenvalue weighted by molar-refractivity contribution is -0.386. The summed E-state index contributed by atoms with van der Waals surface area (Å²) >= 11 is 5.88. The van der Waals surface area contributed by atoms with E-state index in [-0.39, 0.29) is 28.9 Å². The molecule has 0 fully saturated rings. The van der Waals surface area contributed by atoms with Crippen molar-refractivity contribution in [3.05, 3.63) is 57.1 Å². The van der Waals surface area contributed by atoms with Crippen molar-refractivity contribution < 1.29 is 46.2 Å². The van der Waals surface area contributed by atoms with Gasteiger partial charge in [0, 0.05) is 18.8 Å². The van der Waals surface area contributed by atoms with Crippen LogP contribution in [0.3, 0.4) is 0 Å². The molecule has 0 amide bonds. The number of nitro groups is 1. The summed E-state index contributed by atoms with van der Waals surface area (Å²) in [5, 5.41) is 11.1. The number of halogens is 4. The summed E-state index contributed by atoms with van der Waals surface area (Å²) in [6.45, 7) is 3.60. The van der Waals surface area contributed by atoms with Crippen LogP contribution < -0.4 is 9.47 Å². The second-order valence-electron chi connectivity index (χ2n) is 6.84. The van der Waals surface area contributed by atoms with Gasteiger partial charge in [-0.2, -0.15) is 13.2 Å². The van der Waals surface area contributed by atoms with Crippen molar-refractivity contribution in [2.24, 2.45) is 0 Å². The van der Waals surface area contributed by atoms with Crippen LogP contribution in [0.25, 0.3) is 0 Å². The number of nitro benzene ring substituents is 1. The molecule has 0 N–H and O–H groups in total. The fourth-order valence-electron chi connectivity index (χ4n) is 2.46. The first-order chi connectivity index (χ1) is 15.7. The monoisotopic (exact) mass is 525 g/mol. The molecule has 0 aliphatic rings. The summed E-state index contributed by atoms with van der Waals surface area (Å²) in [4.78, 5) is 22.1. The average Bonchev–Trinajstić information content (AvgIpc) is 2.73. The quantitative estimate of drug-likeness (QED) is 0.154. The SMILES string of the molecule is CCOC(=O)COP(C)(=O)C(C)Oc1cc(Oc2ccc(C(F)(F)F)cc2Cl)ccc1[N+](=O)[O-]. The number of hydrogen-bond acceptors (Lipinski definition) is 8. The number of hydrogen-bond donors (Lipinski definition) is 0. The fraction of sp³-hybridized carbons (Fsp3) is 0.350. The van der Waals surface area contributed by atoms with Crippen LogP contribution in [0.1, 0.15) is 19.4 Å². The van der Waals surface area contributed by atoms with Crippen LogP contribution in [-0.2, 0) is 24.8 Å².